The van der Waals surface area contributed by atoms with Crippen LogP contribution in [0.3, 0.4) is 0 Å². The molecule has 0 spiro atoms. The Kier molecular flexibility index (Phi) is 7.55. The van der Waals surface area contributed by atoms with E-state index in [-0.39, 0.29) is 19.0 Å². The number of aliphatic carboxylic acids is 1. The molecule has 3 N–H and O–H groups in total. The monoisotopic (exact) mass is 442 g/mol. The Bertz CT molecular complexity index is 993. The van der Waals surface area contributed by atoms with Gasteiger partial charge in [0.1, 0.15) is 5.70 Å². The molecule has 1 aliphatic heterocycles. The van der Waals surface area contributed by atoms with Gasteiger partial charge in [-0.05, 0) is 42.2 Å². The number of rotatable bonds is 9. The van der Waals surface area contributed by atoms with E-state index in [0.717, 1.165) is 0 Å². The Hall–Kier alpha value is -3.46. The van der Waals surface area contributed by atoms with Crippen molar-refractivity contribution in [3.05, 3.63) is 65.4 Å². The van der Waals surface area contributed by atoms with Crippen LogP contribution in [-0.4, -0.2) is 48.2 Å². The van der Waals surface area contributed by atoms with E-state index >= 15 is 0 Å². The van der Waals surface area contributed by atoms with Crippen molar-refractivity contribution >= 4 is 35.6 Å². The molecular formula is C22H22N2O6S. The van der Waals surface area contributed by atoms with E-state index in [1.807, 2.05) is 0 Å². The van der Waals surface area contributed by atoms with Crippen LogP contribution in [0.2, 0.25) is 0 Å². The van der Waals surface area contributed by atoms with E-state index in [1.165, 1.54) is 17.8 Å². The Morgan fingerprint density at radius 3 is 2.58 bits per heavy atom. The van der Waals surface area contributed by atoms with Gasteiger partial charge in [0.05, 0.1) is 5.92 Å². The number of carbonyl (C=O) groups excluding carboxylic acids is 2. The molecule has 9 heteroatoms. The van der Waals surface area contributed by atoms with E-state index in [4.69, 9.17) is 9.47 Å². The molecule has 0 bridgehead atoms. The average molecular weight is 442 g/mol. The Morgan fingerprint density at radius 1 is 1.13 bits per heavy atom. The second-order valence-corrected chi connectivity index (χ2v) is 7.60. The summed E-state index contributed by atoms with van der Waals surface area (Å²) >= 11 is 1.38. The van der Waals surface area contributed by atoms with E-state index in [0.29, 0.717) is 28.4 Å². The zero-order valence-corrected chi connectivity index (χ0v) is 17.6. The molecule has 162 valence electrons. The Balaban J connectivity index is 1.82. The fraction of sp³-hybridized carbons (Fsp3) is 0.227. The van der Waals surface area contributed by atoms with Crippen LogP contribution in [0.4, 0.5) is 0 Å². The number of nitrogens with one attached hydrogen (secondary N) is 2. The standard InChI is InChI=1S/C22H22N2O6S/c1-31-12-16(22(27)28)11-23-21(26)17(24-20(25)15-5-3-2-4-6-15)9-14-7-8-18-19(10-14)30-13-29-18/h2-10,16H,11-13H2,1H3,(H,23,26)(H,24,25)(H,27,28)/b17-9+/t16-/m1/s1. The predicted molar refractivity (Wildman–Crippen MR) is 117 cm³/mol. The zero-order valence-electron chi connectivity index (χ0n) is 16.8. The minimum absolute atomic E-state index is 0.0130. The van der Waals surface area contributed by atoms with Crippen LogP contribution >= 0.6 is 11.8 Å². The topological polar surface area (TPSA) is 114 Å². The second-order valence-electron chi connectivity index (χ2n) is 6.69. The fourth-order valence-corrected chi connectivity index (χ4v) is 3.50. The lowest BCUT2D eigenvalue weighted by atomic mass is 10.1. The van der Waals surface area contributed by atoms with Crippen LogP contribution < -0.4 is 20.1 Å². The SMILES string of the molecule is CSC[C@@H](CNC(=O)/C(=C\c1ccc2c(c1)OCO2)NC(=O)c1ccccc1)C(=O)O. The summed E-state index contributed by atoms with van der Waals surface area (Å²) in [5.74, 6) is -1.30. The van der Waals surface area contributed by atoms with Crippen LogP contribution in [0.25, 0.3) is 6.08 Å². The maximum Gasteiger partial charge on any atom is 0.309 e. The van der Waals surface area contributed by atoms with Crippen LogP contribution in [0.1, 0.15) is 15.9 Å². The first-order valence-electron chi connectivity index (χ1n) is 9.45. The van der Waals surface area contributed by atoms with E-state index < -0.39 is 23.7 Å². The number of fused-ring (bicyclic) bond motifs is 1. The summed E-state index contributed by atoms with van der Waals surface area (Å²) in [6, 6.07) is 13.6. The van der Waals surface area contributed by atoms with E-state index in [2.05, 4.69) is 10.6 Å². The highest BCUT2D eigenvalue weighted by Crippen LogP contribution is 2.33. The van der Waals surface area contributed by atoms with Gasteiger partial charge in [-0.3, -0.25) is 14.4 Å². The third-order valence-corrected chi connectivity index (χ3v) is 5.20. The number of amides is 2. The van der Waals surface area contributed by atoms with E-state index in [9.17, 15) is 19.5 Å². The third kappa shape index (κ3) is 6.02. The molecule has 2 amide bonds. The highest BCUT2D eigenvalue weighted by molar-refractivity contribution is 7.98. The number of carbonyl (C=O) groups is 3. The number of carboxylic acids is 1. The Labute approximate surface area is 183 Å². The number of hydrogen-bond donors (Lipinski definition) is 3. The highest BCUT2D eigenvalue weighted by Gasteiger charge is 2.21. The zero-order chi connectivity index (χ0) is 22.2. The van der Waals surface area contributed by atoms with Crippen molar-refractivity contribution in [3.63, 3.8) is 0 Å². The molecule has 3 rings (SSSR count). The normalized spacial score (nSPS) is 13.4. The smallest absolute Gasteiger partial charge is 0.309 e. The molecule has 0 unspecified atom stereocenters. The van der Waals surface area contributed by atoms with Gasteiger partial charge < -0.3 is 25.2 Å². The predicted octanol–water partition coefficient (Wildman–Crippen LogP) is 2.37. The van der Waals surface area contributed by atoms with Gasteiger partial charge in [0.25, 0.3) is 11.8 Å². The molecule has 1 heterocycles. The first-order valence-corrected chi connectivity index (χ1v) is 10.8. The summed E-state index contributed by atoms with van der Waals surface area (Å²) < 4.78 is 10.6. The Morgan fingerprint density at radius 2 is 1.87 bits per heavy atom. The van der Waals surface area contributed by atoms with Crippen LogP contribution in [0.5, 0.6) is 11.5 Å². The van der Waals surface area contributed by atoms with Crippen molar-refractivity contribution in [1.82, 2.24) is 10.6 Å². The summed E-state index contributed by atoms with van der Waals surface area (Å²) in [5.41, 5.74) is 0.986. The molecule has 0 radical (unpaired) electrons. The molecule has 0 saturated heterocycles. The molecule has 1 atom stereocenters. The number of thioether (sulfide) groups is 1. The summed E-state index contributed by atoms with van der Waals surface area (Å²) in [4.78, 5) is 36.8. The van der Waals surface area contributed by atoms with Gasteiger partial charge in [-0.25, -0.2) is 0 Å². The molecule has 0 saturated carbocycles. The van der Waals surface area contributed by atoms with Crippen LogP contribution in [-0.2, 0) is 9.59 Å². The molecule has 31 heavy (non-hydrogen) atoms. The van der Waals surface area contributed by atoms with Crippen molar-refractivity contribution in [2.45, 2.75) is 0 Å². The number of ether oxygens (including phenoxy) is 2. The minimum atomic E-state index is -0.996. The summed E-state index contributed by atoms with van der Waals surface area (Å²) in [5, 5.41) is 14.5. The van der Waals surface area contributed by atoms with Gasteiger partial charge in [-0.1, -0.05) is 24.3 Å². The lowest BCUT2D eigenvalue weighted by Gasteiger charge is -2.14. The van der Waals surface area contributed by atoms with Crippen molar-refractivity contribution in [2.24, 2.45) is 5.92 Å². The second kappa shape index (κ2) is 10.5. The molecule has 2 aromatic rings. The molecule has 0 aliphatic carbocycles. The molecule has 1 aliphatic rings. The van der Waals surface area contributed by atoms with Crippen molar-refractivity contribution in [3.8, 4) is 11.5 Å². The fourth-order valence-electron chi connectivity index (χ4n) is 2.84. The van der Waals surface area contributed by atoms with Crippen LogP contribution in [0.15, 0.2) is 54.2 Å². The van der Waals surface area contributed by atoms with Crippen molar-refractivity contribution in [1.29, 1.82) is 0 Å². The van der Waals surface area contributed by atoms with Crippen molar-refractivity contribution in [2.75, 3.05) is 25.3 Å². The molecular weight excluding hydrogens is 420 g/mol. The van der Waals surface area contributed by atoms with E-state index in [1.54, 1.807) is 54.8 Å². The maximum atomic E-state index is 12.8. The minimum Gasteiger partial charge on any atom is -0.481 e. The third-order valence-electron chi connectivity index (χ3n) is 4.46. The maximum absolute atomic E-state index is 12.8. The number of carboxylic acid groups (broad SMARTS) is 1. The lowest BCUT2D eigenvalue weighted by Crippen LogP contribution is -2.39. The lowest BCUT2D eigenvalue weighted by molar-refractivity contribution is -0.140. The van der Waals surface area contributed by atoms with Gasteiger partial charge in [-0.2, -0.15) is 11.8 Å². The summed E-state index contributed by atoms with van der Waals surface area (Å²) in [6.07, 6.45) is 3.30. The molecule has 8 nitrogen and oxygen atoms in total. The molecule has 0 aromatic heterocycles. The summed E-state index contributed by atoms with van der Waals surface area (Å²) in [7, 11) is 0. The van der Waals surface area contributed by atoms with Gasteiger partial charge in [0.2, 0.25) is 6.79 Å². The van der Waals surface area contributed by atoms with Gasteiger partial charge in [-0.15, -0.1) is 0 Å². The van der Waals surface area contributed by atoms with Gasteiger partial charge >= 0.3 is 5.97 Å². The molecule has 2 aromatic carbocycles. The number of hydrogen-bond acceptors (Lipinski definition) is 6. The van der Waals surface area contributed by atoms with Gasteiger partial charge in [0, 0.05) is 17.9 Å². The highest BCUT2D eigenvalue weighted by atomic mass is 32.2. The first kappa shape index (κ1) is 22.2. The van der Waals surface area contributed by atoms with Crippen molar-refractivity contribution < 1.29 is 29.0 Å². The largest absolute Gasteiger partial charge is 0.481 e. The summed E-state index contributed by atoms with van der Waals surface area (Å²) in [6.45, 7) is 0.0568. The molecule has 0 fully saturated rings. The number of benzene rings is 2. The van der Waals surface area contributed by atoms with Gasteiger partial charge in [0.15, 0.2) is 11.5 Å². The first-order chi connectivity index (χ1) is 15.0. The van der Waals surface area contributed by atoms with Crippen LogP contribution in [0, 0.1) is 5.92 Å². The quantitative estimate of drug-likeness (QED) is 0.511. The average Bonchev–Trinajstić information content (AvgIpc) is 3.24.